The number of rotatable bonds is 5. The molecule has 4 heteroatoms. The predicted octanol–water partition coefficient (Wildman–Crippen LogP) is -0.403. The van der Waals surface area contributed by atoms with Crippen LogP contribution in [0.4, 0.5) is 0 Å². The molecule has 0 rings (SSSR count). The van der Waals surface area contributed by atoms with E-state index in [-0.39, 0.29) is 19.0 Å². The lowest BCUT2D eigenvalue weighted by Gasteiger charge is -2.07. The molecular formula is C7H13NO3. The molecule has 0 saturated carbocycles. The van der Waals surface area contributed by atoms with Crippen LogP contribution in [0.15, 0.2) is 12.0 Å². The standard InChI is InChI=1S/C7H13NO3/c1-8(2)5-7(6-10)11-4-3-9/h5-6,9H,3-4H2,1-2H3. The number of nitrogens with zero attached hydrogens (tertiary/aromatic N) is 1. The summed E-state index contributed by atoms with van der Waals surface area (Å²) in [4.78, 5) is 11.9. The Labute approximate surface area is 66.1 Å². The largest absolute Gasteiger partial charge is 0.486 e. The smallest absolute Gasteiger partial charge is 0.186 e. The zero-order chi connectivity index (χ0) is 8.69. The summed E-state index contributed by atoms with van der Waals surface area (Å²) in [5.74, 6) is 0.226. The van der Waals surface area contributed by atoms with Crippen molar-refractivity contribution in [3.8, 4) is 0 Å². The zero-order valence-electron chi connectivity index (χ0n) is 6.78. The third-order valence-electron chi connectivity index (χ3n) is 0.862. The topological polar surface area (TPSA) is 49.8 Å². The van der Waals surface area contributed by atoms with E-state index in [4.69, 9.17) is 9.84 Å². The number of aldehydes is 1. The zero-order valence-corrected chi connectivity index (χ0v) is 6.78. The van der Waals surface area contributed by atoms with Crippen molar-refractivity contribution in [1.29, 1.82) is 0 Å². The van der Waals surface area contributed by atoms with Gasteiger partial charge in [0.15, 0.2) is 12.0 Å². The first kappa shape index (κ1) is 9.97. The first-order chi connectivity index (χ1) is 5.20. The van der Waals surface area contributed by atoms with E-state index >= 15 is 0 Å². The fraction of sp³-hybridized carbons (Fsp3) is 0.571. The Kier molecular flexibility index (Phi) is 5.20. The first-order valence-corrected chi connectivity index (χ1v) is 3.27. The highest BCUT2D eigenvalue weighted by atomic mass is 16.5. The van der Waals surface area contributed by atoms with Crippen LogP contribution in [0.25, 0.3) is 0 Å². The van der Waals surface area contributed by atoms with E-state index in [2.05, 4.69) is 0 Å². The fourth-order valence-electron chi connectivity index (χ4n) is 0.520. The third-order valence-corrected chi connectivity index (χ3v) is 0.862. The van der Waals surface area contributed by atoms with Crippen LogP contribution in [0.3, 0.4) is 0 Å². The Morgan fingerprint density at radius 3 is 2.64 bits per heavy atom. The lowest BCUT2D eigenvalue weighted by Crippen LogP contribution is -2.07. The molecule has 1 N–H and O–H groups in total. The molecule has 0 aliphatic heterocycles. The summed E-state index contributed by atoms with van der Waals surface area (Å²) < 4.78 is 4.85. The van der Waals surface area contributed by atoms with Gasteiger partial charge in [-0.15, -0.1) is 0 Å². The molecule has 0 aliphatic carbocycles. The van der Waals surface area contributed by atoms with Crippen LogP contribution in [0.5, 0.6) is 0 Å². The van der Waals surface area contributed by atoms with Gasteiger partial charge in [-0.1, -0.05) is 0 Å². The van der Waals surface area contributed by atoms with Gasteiger partial charge in [0.05, 0.1) is 6.61 Å². The summed E-state index contributed by atoms with van der Waals surface area (Å²) in [6.45, 7) is 0.0665. The maximum Gasteiger partial charge on any atom is 0.186 e. The van der Waals surface area contributed by atoms with Gasteiger partial charge in [0.2, 0.25) is 0 Å². The van der Waals surface area contributed by atoms with E-state index in [0.29, 0.717) is 6.29 Å². The number of hydrogen-bond donors (Lipinski definition) is 1. The van der Waals surface area contributed by atoms with Crippen LogP contribution >= 0.6 is 0 Å². The fourth-order valence-corrected chi connectivity index (χ4v) is 0.520. The quantitative estimate of drug-likeness (QED) is 0.337. The summed E-state index contributed by atoms with van der Waals surface area (Å²) in [6.07, 6.45) is 2.15. The maximum atomic E-state index is 10.2. The van der Waals surface area contributed by atoms with Crippen molar-refractivity contribution in [1.82, 2.24) is 4.90 Å². The van der Waals surface area contributed by atoms with Gasteiger partial charge in [-0.2, -0.15) is 0 Å². The highest BCUT2D eigenvalue weighted by molar-refractivity contribution is 5.69. The molecule has 0 aliphatic rings. The van der Waals surface area contributed by atoms with Gasteiger partial charge >= 0.3 is 0 Å². The summed E-state index contributed by atoms with van der Waals surface area (Å²) in [7, 11) is 3.57. The molecule has 0 heterocycles. The van der Waals surface area contributed by atoms with Crippen molar-refractivity contribution < 1.29 is 14.6 Å². The van der Waals surface area contributed by atoms with E-state index in [1.54, 1.807) is 25.2 Å². The molecule has 0 unspecified atom stereocenters. The van der Waals surface area contributed by atoms with Gasteiger partial charge < -0.3 is 14.7 Å². The number of aliphatic hydroxyl groups is 1. The molecule has 0 atom stereocenters. The predicted molar refractivity (Wildman–Crippen MR) is 40.9 cm³/mol. The van der Waals surface area contributed by atoms with Gasteiger partial charge in [0.1, 0.15) is 6.61 Å². The van der Waals surface area contributed by atoms with Crippen LogP contribution < -0.4 is 0 Å². The molecule has 0 radical (unpaired) electrons. The van der Waals surface area contributed by atoms with E-state index in [0.717, 1.165) is 0 Å². The lowest BCUT2D eigenvalue weighted by molar-refractivity contribution is -0.108. The molecule has 0 spiro atoms. The average molecular weight is 159 g/mol. The average Bonchev–Trinajstić information content (AvgIpc) is 1.97. The van der Waals surface area contributed by atoms with Crippen molar-refractivity contribution in [3.05, 3.63) is 12.0 Å². The molecule has 0 saturated heterocycles. The molecule has 0 aromatic carbocycles. The number of aliphatic hydroxyl groups excluding tert-OH is 1. The number of allylic oxidation sites excluding steroid dienone is 1. The summed E-state index contributed by atoms with van der Waals surface area (Å²) in [5, 5.41) is 8.36. The van der Waals surface area contributed by atoms with Gasteiger partial charge in [-0.3, -0.25) is 4.79 Å². The number of carbonyl (C=O) groups is 1. The van der Waals surface area contributed by atoms with Crippen molar-refractivity contribution in [2.45, 2.75) is 0 Å². The summed E-state index contributed by atoms with van der Waals surface area (Å²) in [5.41, 5.74) is 0. The van der Waals surface area contributed by atoms with Crippen LogP contribution in [-0.4, -0.2) is 43.6 Å². The second-order valence-corrected chi connectivity index (χ2v) is 2.18. The summed E-state index contributed by atoms with van der Waals surface area (Å²) in [6, 6.07) is 0. The molecule has 0 fully saturated rings. The van der Waals surface area contributed by atoms with Crippen molar-refractivity contribution in [2.75, 3.05) is 27.3 Å². The Balaban J connectivity index is 3.84. The highest BCUT2D eigenvalue weighted by Gasteiger charge is 1.94. The van der Waals surface area contributed by atoms with Crippen molar-refractivity contribution >= 4 is 6.29 Å². The van der Waals surface area contributed by atoms with Gasteiger partial charge in [0.25, 0.3) is 0 Å². The van der Waals surface area contributed by atoms with E-state index < -0.39 is 0 Å². The molecule has 0 aromatic heterocycles. The van der Waals surface area contributed by atoms with Gasteiger partial charge in [-0.25, -0.2) is 0 Å². The number of carbonyl (C=O) groups excluding carboxylic acids is 1. The van der Waals surface area contributed by atoms with Crippen LogP contribution in [0.1, 0.15) is 0 Å². The minimum atomic E-state index is -0.0847. The Morgan fingerprint density at radius 2 is 2.27 bits per heavy atom. The molecule has 0 bridgehead atoms. The van der Waals surface area contributed by atoms with Gasteiger partial charge in [0, 0.05) is 20.3 Å². The second-order valence-electron chi connectivity index (χ2n) is 2.18. The van der Waals surface area contributed by atoms with Crippen molar-refractivity contribution in [3.63, 3.8) is 0 Å². The van der Waals surface area contributed by atoms with E-state index in [1.807, 2.05) is 0 Å². The monoisotopic (exact) mass is 159 g/mol. The maximum absolute atomic E-state index is 10.2. The van der Waals surface area contributed by atoms with E-state index in [1.165, 1.54) is 0 Å². The molecule has 0 aromatic rings. The Morgan fingerprint density at radius 1 is 1.64 bits per heavy atom. The highest BCUT2D eigenvalue weighted by Crippen LogP contribution is 1.93. The Bertz CT molecular complexity index is 143. The van der Waals surface area contributed by atoms with Crippen LogP contribution in [-0.2, 0) is 9.53 Å². The molecular weight excluding hydrogens is 146 g/mol. The second kappa shape index (κ2) is 5.73. The number of hydrogen-bond acceptors (Lipinski definition) is 4. The summed E-state index contributed by atoms with van der Waals surface area (Å²) >= 11 is 0. The SMILES string of the molecule is CN(C)C=C(C=O)OCCO. The first-order valence-electron chi connectivity index (χ1n) is 3.27. The normalized spacial score (nSPS) is 11.0. The number of ether oxygens (including phenoxy) is 1. The van der Waals surface area contributed by atoms with Crippen molar-refractivity contribution in [2.24, 2.45) is 0 Å². The molecule has 11 heavy (non-hydrogen) atoms. The molecule has 64 valence electrons. The minimum Gasteiger partial charge on any atom is -0.486 e. The van der Waals surface area contributed by atoms with Crippen LogP contribution in [0.2, 0.25) is 0 Å². The minimum absolute atomic E-state index is 0.0847. The van der Waals surface area contributed by atoms with Crippen LogP contribution in [0, 0.1) is 0 Å². The lowest BCUT2D eigenvalue weighted by atomic mass is 10.5. The Hall–Kier alpha value is -1.03. The molecule has 4 nitrogen and oxygen atoms in total. The van der Waals surface area contributed by atoms with E-state index in [9.17, 15) is 4.79 Å². The third kappa shape index (κ3) is 5.42. The van der Waals surface area contributed by atoms with Gasteiger partial charge in [-0.05, 0) is 0 Å². The molecule has 0 amide bonds.